The van der Waals surface area contributed by atoms with Crippen LogP contribution in [0.15, 0.2) is 68.4 Å². The van der Waals surface area contributed by atoms with Gasteiger partial charge < -0.3 is 0 Å². The SMILES string of the molecule is CCCCCCCCCCC([CH2][Ge]([c]1ccco1)([c]1ccco1)[c]1ccco1)O[Si](C)(C)C. The van der Waals surface area contributed by atoms with Gasteiger partial charge in [-0.1, -0.05) is 0 Å². The van der Waals surface area contributed by atoms with Crippen molar-refractivity contribution >= 4 is 35.4 Å². The summed E-state index contributed by atoms with van der Waals surface area (Å²) in [6.07, 6.45) is 17.2. The third-order valence-electron chi connectivity index (χ3n) is 6.26. The van der Waals surface area contributed by atoms with Crippen LogP contribution in [-0.4, -0.2) is 27.7 Å². The zero-order chi connectivity index (χ0) is 23.6. The van der Waals surface area contributed by atoms with Gasteiger partial charge in [0.05, 0.1) is 0 Å². The monoisotopic (exact) mass is 532 g/mol. The molecule has 3 aromatic rings. The summed E-state index contributed by atoms with van der Waals surface area (Å²) in [6, 6.07) is 12.3. The zero-order valence-electron chi connectivity index (χ0n) is 21.0. The van der Waals surface area contributed by atoms with Gasteiger partial charge >= 0.3 is 204 Å². The van der Waals surface area contributed by atoms with Crippen molar-refractivity contribution < 1.29 is 17.7 Å². The molecule has 0 bridgehead atoms. The van der Waals surface area contributed by atoms with Crippen LogP contribution in [0.2, 0.25) is 24.9 Å². The van der Waals surface area contributed by atoms with Crippen molar-refractivity contribution in [3.8, 4) is 0 Å². The van der Waals surface area contributed by atoms with Gasteiger partial charge in [0.1, 0.15) is 0 Å². The van der Waals surface area contributed by atoms with Crippen LogP contribution < -0.4 is 13.8 Å². The number of hydrogen-bond donors (Lipinski definition) is 0. The van der Waals surface area contributed by atoms with Crippen molar-refractivity contribution in [1.29, 1.82) is 0 Å². The Morgan fingerprint density at radius 3 is 1.58 bits per heavy atom. The zero-order valence-corrected chi connectivity index (χ0v) is 24.1. The Hall–Kier alpha value is -1.44. The Morgan fingerprint density at radius 2 is 1.18 bits per heavy atom. The standard InChI is InChI=1S/C27H42GeO4Si/c1-5-6-7-8-9-10-11-12-16-24(32-33(2,3)4)23-28(25-17-13-20-29-25,26-18-14-21-30-26)27-19-15-22-31-27/h13-15,17-22,24H,5-12,16,23H2,1-4H3. The van der Waals surface area contributed by atoms with Crippen LogP contribution in [0.1, 0.15) is 64.7 Å². The summed E-state index contributed by atoms with van der Waals surface area (Å²) in [5, 5.41) is 0.912. The summed E-state index contributed by atoms with van der Waals surface area (Å²) in [7, 11) is -1.73. The van der Waals surface area contributed by atoms with Crippen molar-refractivity contribution in [3.05, 3.63) is 55.2 Å². The molecule has 0 saturated heterocycles. The van der Waals surface area contributed by atoms with Crippen molar-refractivity contribution in [2.75, 3.05) is 0 Å². The first-order valence-corrected chi connectivity index (χ1v) is 20.8. The topological polar surface area (TPSA) is 48.7 Å². The summed E-state index contributed by atoms with van der Waals surface area (Å²) in [6.45, 7) is 9.14. The molecule has 0 spiro atoms. The average molecular weight is 531 g/mol. The molecule has 6 heteroatoms. The quantitative estimate of drug-likeness (QED) is 0.153. The van der Waals surface area contributed by atoms with E-state index >= 15 is 0 Å². The summed E-state index contributed by atoms with van der Waals surface area (Å²) in [5.41, 5.74) is 0. The third-order valence-corrected chi connectivity index (χ3v) is 16.6. The predicted molar refractivity (Wildman–Crippen MR) is 141 cm³/mol. The molecule has 4 nitrogen and oxygen atoms in total. The molecule has 0 radical (unpaired) electrons. The van der Waals surface area contributed by atoms with Crippen molar-refractivity contribution in [3.63, 3.8) is 0 Å². The fourth-order valence-electron chi connectivity index (χ4n) is 4.78. The Kier molecular flexibility index (Phi) is 10.2. The Balaban J connectivity index is 1.78. The fraction of sp³-hybridized carbons (Fsp3) is 0.556. The normalized spacial score (nSPS) is 13.5. The van der Waals surface area contributed by atoms with Gasteiger partial charge in [-0.15, -0.1) is 0 Å². The number of rotatable bonds is 16. The van der Waals surface area contributed by atoms with E-state index < -0.39 is 21.6 Å². The molecule has 33 heavy (non-hydrogen) atoms. The Labute approximate surface area is 203 Å². The molecule has 182 valence electrons. The van der Waals surface area contributed by atoms with Crippen LogP contribution in [0.4, 0.5) is 0 Å². The molecule has 0 amide bonds. The maximum absolute atomic E-state index is 6.81. The van der Waals surface area contributed by atoms with Gasteiger partial charge in [-0.3, -0.25) is 0 Å². The summed E-state index contributed by atoms with van der Waals surface area (Å²) < 4.78 is 28.1. The molecule has 1 unspecified atom stereocenters. The molecule has 0 aromatic carbocycles. The first-order chi connectivity index (χ1) is 16.0. The Morgan fingerprint density at radius 1 is 0.727 bits per heavy atom. The summed E-state index contributed by atoms with van der Waals surface area (Å²) in [4.78, 5) is 0. The van der Waals surface area contributed by atoms with E-state index in [2.05, 4.69) is 44.8 Å². The molecule has 0 aliphatic carbocycles. The van der Waals surface area contributed by atoms with Crippen molar-refractivity contribution in [2.24, 2.45) is 0 Å². The van der Waals surface area contributed by atoms with Gasteiger partial charge in [-0.05, 0) is 0 Å². The van der Waals surface area contributed by atoms with Gasteiger partial charge in [-0.25, -0.2) is 0 Å². The van der Waals surface area contributed by atoms with E-state index in [1.165, 1.54) is 51.4 Å². The van der Waals surface area contributed by atoms with Gasteiger partial charge in [0.15, 0.2) is 0 Å². The van der Waals surface area contributed by atoms with Crippen molar-refractivity contribution in [1.82, 2.24) is 0 Å². The average Bonchev–Trinajstić information content (AvgIpc) is 3.56. The van der Waals surface area contributed by atoms with Gasteiger partial charge in [0.25, 0.3) is 0 Å². The summed E-state index contributed by atoms with van der Waals surface area (Å²) in [5.74, 6) is 0. The molecular weight excluding hydrogens is 489 g/mol. The minimum absolute atomic E-state index is 0.178. The van der Waals surface area contributed by atoms with Gasteiger partial charge in [-0.2, -0.15) is 0 Å². The Bertz CT molecular complexity index is 782. The summed E-state index contributed by atoms with van der Waals surface area (Å²) >= 11 is -3.31. The van der Waals surface area contributed by atoms with Crippen LogP contribution in [0.25, 0.3) is 0 Å². The predicted octanol–water partition coefficient (Wildman–Crippen LogP) is 6.69. The first kappa shape index (κ1) is 26.2. The second-order valence-corrected chi connectivity index (χ2v) is 22.4. The molecule has 3 aromatic heterocycles. The van der Waals surface area contributed by atoms with Gasteiger partial charge in [0.2, 0.25) is 0 Å². The molecule has 0 fully saturated rings. The van der Waals surface area contributed by atoms with E-state index in [0.717, 1.165) is 25.5 Å². The second-order valence-electron chi connectivity index (χ2n) is 10.2. The molecule has 0 aliphatic heterocycles. The van der Waals surface area contributed by atoms with Crippen LogP contribution >= 0.6 is 0 Å². The van der Waals surface area contributed by atoms with Crippen LogP contribution in [0.3, 0.4) is 0 Å². The van der Waals surface area contributed by atoms with E-state index in [1.807, 2.05) is 18.2 Å². The molecule has 3 rings (SSSR count). The van der Waals surface area contributed by atoms with E-state index in [1.54, 1.807) is 18.8 Å². The van der Waals surface area contributed by atoms with E-state index in [0.29, 0.717) is 0 Å². The third kappa shape index (κ3) is 7.52. The molecule has 0 saturated carbocycles. The van der Waals surface area contributed by atoms with E-state index in [4.69, 9.17) is 17.7 Å². The van der Waals surface area contributed by atoms with Crippen LogP contribution in [0.5, 0.6) is 0 Å². The van der Waals surface area contributed by atoms with Gasteiger partial charge in [0, 0.05) is 0 Å². The number of furan rings is 3. The van der Waals surface area contributed by atoms with E-state index in [9.17, 15) is 0 Å². The fourth-order valence-corrected chi connectivity index (χ4v) is 15.3. The van der Waals surface area contributed by atoms with Crippen LogP contribution in [0, 0.1) is 0 Å². The molecule has 3 heterocycles. The number of unbranched alkanes of at least 4 members (excludes halogenated alkanes) is 7. The first-order valence-electron chi connectivity index (χ1n) is 12.8. The van der Waals surface area contributed by atoms with Crippen LogP contribution in [-0.2, 0) is 4.43 Å². The number of hydrogen-bond acceptors (Lipinski definition) is 4. The van der Waals surface area contributed by atoms with Crippen molar-refractivity contribution in [2.45, 2.75) is 95.7 Å². The molecule has 1 atom stereocenters. The molecule has 0 N–H and O–H groups in total. The minimum atomic E-state index is -3.31. The second kappa shape index (κ2) is 12.9. The molecule has 0 aliphatic rings. The molecular formula is C27H42GeO4Si. The maximum atomic E-state index is 6.81. The van der Waals surface area contributed by atoms with E-state index in [-0.39, 0.29) is 6.10 Å².